The second-order valence-corrected chi connectivity index (χ2v) is 1.92. The van der Waals surface area contributed by atoms with Crippen molar-refractivity contribution in [2.45, 2.75) is 0 Å². The van der Waals surface area contributed by atoms with E-state index in [-0.39, 0.29) is 44.3 Å². The molecule has 0 N–H and O–H groups in total. The maximum absolute atomic E-state index is 3.66. The molecule has 0 aromatic carbocycles. The molecule has 82 valence electrons. The Morgan fingerprint density at radius 1 is 0.667 bits per heavy atom. The first kappa shape index (κ1) is 20.0. The standard InChI is InChI=1S/2C5H4N.2ClH.Ru/c2*1-2-4-6-5-3-1;;;/h2*1-4H;2*1H;/q2*-1;;;+2. The number of hydrogen-bond donors (Lipinski definition) is 0. The van der Waals surface area contributed by atoms with Crippen LogP contribution < -0.4 is 0 Å². The molecule has 0 aliphatic carbocycles. The molecular formula is C10H10Cl2N2Ru. The van der Waals surface area contributed by atoms with Crippen molar-refractivity contribution in [3.63, 3.8) is 0 Å². The Kier molecular flexibility index (Phi) is 21.3. The Labute approximate surface area is 115 Å². The molecule has 2 aromatic rings. The van der Waals surface area contributed by atoms with Crippen molar-refractivity contribution >= 4 is 24.8 Å². The summed E-state index contributed by atoms with van der Waals surface area (Å²) in [7, 11) is 0. The van der Waals surface area contributed by atoms with Crippen LogP contribution in [0.2, 0.25) is 0 Å². The normalized spacial score (nSPS) is 6.40. The Morgan fingerprint density at radius 2 is 1.07 bits per heavy atom. The summed E-state index contributed by atoms with van der Waals surface area (Å²) in [6.07, 6.45) is 8.67. The maximum Gasteiger partial charge on any atom is 2.00 e. The average Bonchev–Trinajstić information content (AvgIpc) is 2.24. The van der Waals surface area contributed by atoms with E-state index in [0.717, 1.165) is 0 Å². The molecule has 0 saturated carbocycles. The van der Waals surface area contributed by atoms with Crippen LogP contribution in [0, 0.1) is 12.4 Å². The Bertz CT molecular complexity index is 197. The summed E-state index contributed by atoms with van der Waals surface area (Å²) in [5.41, 5.74) is 0. The van der Waals surface area contributed by atoms with Gasteiger partial charge in [0, 0.05) is 0 Å². The van der Waals surface area contributed by atoms with Gasteiger partial charge in [0.15, 0.2) is 0 Å². The Morgan fingerprint density at radius 3 is 1.13 bits per heavy atom. The molecular weight excluding hydrogens is 320 g/mol. The molecule has 0 bridgehead atoms. The minimum atomic E-state index is 0. The maximum atomic E-state index is 3.66. The van der Waals surface area contributed by atoms with Gasteiger partial charge in [-0.3, -0.25) is 0 Å². The second kappa shape index (κ2) is 16.0. The molecule has 0 fully saturated rings. The van der Waals surface area contributed by atoms with Gasteiger partial charge in [-0.25, -0.2) is 0 Å². The van der Waals surface area contributed by atoms with Gasteiger partial charge in [-0.2, -0.15) is 36.4 Å². The van der Waals surface area contributed by atoms with E-state index < -0.39 is 0 Å². The molecule has 2 heterocycles. The third-order valence-electron chi connectivity index (χ3n) is 1.03. The van der Waals surface area contributed by atoms with Gasteiger partial charge in [0.25, 0.3) is 0 Å². The van der Waals surface area contributed by atoms with Crippen molar-refractivity contribution < 1.29 is 19.5 Å². The van der Waals surface area contributed by atoms with Crippen LogP contribution in [-0.2, 0) is 19.5 Å². The van der Waals surface area contributed by atoms with Crippen LogP contribution in [-0.4, -0.2) is 9.97 Å². The molecule has 0 unspecified atom stereocenters. The molecule has 0 spiro atoms. The van der Waals surface area contributed by atoms with Crippen LogP contribution in [0.3, 0.4) is 0 Å². The van der Waals surface area contributed by atoms with Crippen LogP contribution in [0.4, 0.5) is 0 Å². The Balaban J connectivity index is -0.000000160. The summed E-state index contributed by atoms with van der Waals surface area (Å²) >= 11 is 0. The number of hydrogen-bond acceptors (Lipinski definition) is 2. The van der Waals surface area contributed by atoms with E-state index in [4.69, 9.17) is 0 Å². The van der Waals surface area contributed by atoms with E-state index in [1.165, 1.54) is 0 Å². The molecule has 2 aromatic heterocycles. The fraction of sp³-hybridized carbons (Fsp3) is 0. The molecule has 0 aliphatic rings. The van der Waals surface area contributed by atoms with Crippen LogP contribution in [0.5, 0.6) is 0 Å². The number of pyridine rings is 2. The van der Waals surface area contributed by atoms with Gasteiger partial charge in [0.1, 0.15) is 0 Å². The van der Waals surface area contributed by atoms with Crippen molar-refractivity contribution in [2.24, 2.45) is 0 Å². The minimum Gasteiger partial charge on any atom is -0.394 e. The molecule has 5 heteroatoms. The zero-order valence-corrected chi connectivity index (χ0v) is 11.1. The quantitative estimate of drug-likeness (QED) is 0.548. The minimum absolute atomic E-state index is 0. The smallest absolute Gasteiger partial charge is 0.394 e. The van der Waals surface area contributed by atoms with Crippen LogP contribution >= 0.6 is 24.8 Å². The van der Waals surface area contributed by atoms with Gasteiger partial charge in [-0.15, -0.1) is 24.8 Å². The molecule has 0 atom stereocenters. The number of nitrogens with zero attached hydrogens (tertiary/aromatic N) is 2. The first-order valence-corrected chi connectivity index (χ1v) is 3.54. The van der Waals surface area contributed by atoms with E-state index in [2.05, 4.69) is 22.4 Å². The molecule has 0 radical (unpaired) electrons. The zero-order chi connectivity index (χ0) is 8.49. The van der Waals surface area contributed by atoms with Crippen molar-refractivity contribution in [3.8, 4) is 0 Å². The predicted molar refractivity (Wildman–Crippen MR) is 60.6 cm³/mol. The van der Waals surface area contributed by atoms with Gasteiger partial charge in [0.05, 0.1) is 0 Å². The van der Waals surface area contributed by atoms with Gasteiger partial charge in [-0.1, -0.05) is 24.8 Å². The summed E-state index contributed by atoms with van der Waals surface area (Å²) in [5.74, 6) is 0. The zero-order valence-electron chi connectivity index (χ0n) is 7.68. The monoisotopic (exact) mass is 330 g/mol. The predicted octanol–water partition coefficient (Wildman–Crippen LogP) is 2.60. The summed E-state index contributed by atoms with van der Waals surface area (Å²) < 4.78 is 0. The van der Waals surface area contributed by atoms with E-state index in [1.807, 2.05) is 24.3 Å². The molecule has 15 heavy (non-hydrogen) atoms. The van der Waals surface area contributed by atoms with Crippen LogP contribution in [0.25, 0.3) is 0 Å². The third kappa shape index (κ3) is 13.5. The molecule has 2 rings (SSSR count). The average molecular weight is 330 g/mol. The topological polar surface area (TPSA) is 25.8 Å². The summed E-state index contributed by atoms with van der Waals surface area (Å²) in [6.45, 7) is 0. The van der Waals surface area contributed by atoms with Crippen molar-refractivity contribution in [1.82, 2.24) is 9.97 Å². The molecule has 0 saturated heterocycles. The van der Waals surface area contributed by atoms with E-state index in [9.17, 15) is 0 Å². The fourth-order valence-corrected chi connectivity index (χ4v) is 0.555. The van der Waals surface area contributed by atoms with Crippen molar-refractivity contribution in [3.05, 3.63) is 61.2 Å². The number of aromatic nitrogens is 2. The van der Waals surface area contributed by atoms with E-state index >= 15 is 0 Å². The molecule has 2 nitrogen and oxygen atoms in total. The summed E-state index contributed by atoms with van der Waals surface area (Å²) in [5, 5.41) is 0. The van der Waals surface area contributed by atoms with Gasteiger partial charge in [0.2, 0.25) is 0 Å². The van der Waals surface area contributed by atoms with Crippen molar-refractivity contribution in [2.75, 3.05) is 0 Å². The SMILES string of the molecule is Cl.Cl.[Ru+2].[c-]1ccccn1.[c-]1ccccn1. The second-order valence-electron chi connectivity index (χ2n) is 1.92. The Hall–Kier alpha value is -0.497. The number of rotatable bonds is 0. The van der Waals surface area contributed by atoms with E-state index in [1.54, 1.807) is 24.5 Å². The van der Waals surface area contributed by atoms with Gasteiger partial charge >= 0.3 is 19.5 Å². The largest absolute Gasteiger partial charge is 2.00 e. The first-order valence-electron chi connectivity index (χ1n) is 3.54. The summed E-state index contributed by atoms with van der Waals surface area (Å²) in [4.78, 5) is 7.32. The summed E-state index contributed by atoms with van der Waals surface area (Å²) in [6, 6.07) is 11.0. The number of halogens is 2. The van der Waals surface area contributed by atoms with Crippen LogP contribution in [0.1, 0.15) is 0 Å². The third-order valence-corrected chi connectivity index (χ3v) is 1.03. The van der Waals surface area contributed by atoms with Crippen molar-refractivity contribution in [1.29, 1.82) is 0 Å². The van der Waals surface area contributed by atoms with Gasteiger partial charge in [-0.05, 0) is 0 Å². The first-order chi connectivity index (χ1) is 6.00. The molecule has 0 amide bonds. The fourth-order valence-electron chi connectivity index (χ4n) is 0.555. The van der Waals surface area contributed by atoms with Crippen LogP contribution in [0.15, 0.2) is 48.8 Å². The molecule has 0 aliphatic heterocycles. The van der Waals surface area contributed by atoms with E-state index in [0.29, 0.717) is 0 Å². The van der Waals surface area contributed by atoms with Gasteiger partial charge < -0.3 is 9.97 Å².